The maximum atomic E-state index is 6.37. The number of hydrogen-bond acceptors (Lipinski definition) is 2. The number of nitrogens with two attached hydrogens (primary N) is 1. The second-order valence-electron chi connectivity index (χ2n) is 8.85. The van der Waals surface area contributed by atoms with Crippen LogP contribution in [0, 0.1) is 17.3 Å². The van der Waals surface area contributed by atoms with Gasteiger partial charge in [0.05, 0.1) is 0 Å². The zero-order valence-electron chi connectivity index (χ0n) is 14.5. The summed E-state index contributed by atoms with van der Waals surface area (Å²) >= 11 is 0. The number of piperidine rings is 1. The molecule has 1 heterocycles. The molecule has 3 atom stereocenters. The fourth-order valence-electron chi connectivity index (χ4n) is 5.82. The van der Waals surface area contributed by atoms with Gasteiger partial charge in [-0.05, 0) is 69.1 Å². The molecule has 3 fully saturated rings. The van der Waals surface area contributed by atoms with E-state index in [0.29, 0.717) is 11.6 Å². The van der Waals surface area contributed by atoms with Gasteiger partial charge in [0.1, 0.15) is 0 Å². The van der Waals surface area contributed by atoms with Crippen molar-refractivity contribution in [2.24, 2.45) is 23.0 Å². The summed E-state index contributed by atoms with van der Waals surface area (Å²) in [6.07, 6.45) is 12.9. The molecule has 3 rings (SSSR count). The molecule has 122 valence electrons. The molecule has 2 aliphatic carbocycles. The molecule has 2 heteroatoms. The minimum absolute atomic E-state index is 0.316. The Balaban J connectivity index is 1.75. The van der Waals surface area contributed by atoms with Gasteiger partial charge in [-0.15, -0.1) is 0 Å². The number of hydrogen-bond donors (Lipinski definition) is 1. The lowest BCUT2D eigenvalue weighted by atomic mass is 9.64. The van der Waals surface area contributed by atoms with Crippen molar-refractivity contribution < 1.29 is 0 Å². The van der Waals surface area contributed by atoms with Gasteiger partial charge in [-0.2, -0.15) is 0 Å². The van der Waals surface area contributed by atoms with Gasteiger partial charge in [0.25, 0.3) is 0 Å². The van der Waals surface area contributed by atoms with Crippen LogP contribution < -0.4 is 5.73 Å². The second-order valence-corrected chi connectivity index (χ2v) is 8.85. The molecule has 1 aliphatic heterocycles. The lowest BCUT2D eigenvalue weighted by Crippen LogP contribution is -2.63. The Bertz CT molecular complexity index is 349. The summed E-state index contributed by atoms with van der Waals surface area (Å²) in [5, 5.41) is 0. The fourth-order valence-corrected chi connectivity index (χ4v) is 5.82. The molecule has 0 amide bonds. The summed E-state index contributed by atoms with van der Waals surface area (Å²) in [4.78, 5) is 2.84. The van der Waals surface area contributed by atoms with E-state index in [1.54, 1.807) is 0 Å². The molecule has 0 radical (unpaired) electrons. The van der Waals surface area contributed by atoms with E-state index in [-0.39, 0.29) is 0 Å². The Labute approximate surface area is 131 Å². The van der Waals surface area contributed by atoms with Crippen molar-refractivity contribution in [3.8, 4) is 0 Å². The largest absolute Gasteiger partial charge is 0.329 e. The van der Waals surface area contributed by atoms with Gasteiger partial charge in [0.2, 0.25) is 0 Å². The van der Waals surface area contributed by atoms with E-state index < -0.39 is 0 Å². The van der Waals surface area contributed by atoms with E-state index in [1.807, 2.05) is 0 Å². The highest BCUT2D eigenvalue weighted by Crippen LogP contribution is 2.53. The Kier molecular flexibility index (Phi) is 4.40. The Morgan fingerprint density at radius 3 is 2.14 bits per heavy atom. The predicted molar refractivity (Wildman–Crippen MR) is 90.3 cm³/mol. The van der Waals surface area contributed by atoms with Gasteiger partial charge in [-0.3, -0.25) is 4.90 Å². The molecule has 0 bridgehead atoms. The van der Waals surface area contributed by atoms with E-state index >= 15 is 0 Å². The van der Waals surface area contributed by atoms with Gasteiger partial charge in [-0.1, -0.05) is 26.7 Å². The van der Waals surface area contributed by atoms with Crippen LogP contribution in [0.4, 0.5) is 0 Å². The third-order valence-electron chi connectivity index (χ3n) is 7.49. The molecule has 3 unspecified atom stereocenters. The second kappa shape index (κ2) is 5.85. The van der Waals surface area contributed by atoms with E-state index in [1.165, 1.54) is 64.3 Å². The molecule has 2 N–H and O–H groups in total. The van der Waals surface area contributed by atoms with E-state index in [9.17, 15) is 0 Å². The van der Waals surface area contributed by atoms with Gasteiger partial charge in [0, 0.05) is 24.7 Å². The lowest BCUT2D eigenvalue weighted by Gasteiger charge is -2.56. The van der Waals surface area contributed by atoms with Gasteiger partial charge < -0.3 is 5.73 Å². The normalized spacial score (nSPS) is 39.7. The first kappa shape index (κ1) is 15.8. The smallest absolute Gasteiger partial charge is 0.0335 e. The minimum Gasteiger partial charge on any atom is -0.329 e. The molecule has 0 aromatic carbocycles. The highest BCUT2D eigenvalue weighted by Gasteiger charge is 2.48. The van der Waals surface area contributed by atoms with Gasteiger partial charge >= 0.3 is 0 Å². The van der Waals surface area contributed by atoms with Crippen LogP contribution >= 0.6 is 0 Å². The van der Waals surface area contributed by atoms with Crippen LogP contribution in [0.1, 0.15) is 78.6 Å². The van der Waals surface area contributed by atoms with Crippen LogP contribution in [-0.2, 0) is 0 Å². The summed E-state index contributed by atoms with van der Waals surface area (Å²) in [6.45, 7) is 9.47. The van der Waals surface area contributed by atoms with Gasteiger partial charge in [-0.25, -0.2) is 0 Å². The summed E-state index contributed by atoms with van der Waals surface area (Å²) < 4.78 is 0. The summed E-state index contributed by atoms with van der Waals surface area (Å²) in [6, 6.07) is 0.711. The molecule has 1 spiro atoms. The van der Waals surface area contributed by atoms with Crippen LogP contribution in [0.25, 0.3) is 0 Å². The Hall–Kier alpha value is -0.0800. The Morgan fingerprint density at radius 2 is 1.57 bits per heavy atom. The topological polar surface area (TPSA) is 29.3 Å². The monoisotopic (exact) mass is 292 g/mol. The molecule has 3 aliphatic rings. The average Bonchev–Trinajstić information content (AvgIpc) is 2.93. The molecular weight excluding hydrogens is 256 g/mol. The molecule has 2 nitrogen and oxygen atoms in total. The fraction of sp³-hybridized carbons (Fsp3) is 1.00. The van der Waals surface area contributed by atoms with Crippen LogP contribution in [0.5, 0.6) is 0 Å². The third kappa shape index (κ3) is 2.79. The highest BCUT2D eigenvalue weighted by atomic mass is 15.2. The van der Waals surface area contributed by atoms with E-state index in [4.69, 9.17) is 5.73 Å². The maximum absolute atomic E-state index is 6.37. The molecule has 21 heavy (non-hydrogen) atoms. The van der Waals surface area contributed by atoms with Crippen LogP contribution in [-0.4, -0.2) is 29.6 Å². The quantitative estimate of drug-likeness (QED) is 0.827. The van der Waals surface area contributed by atoms with Crippen LogP contribution in [0.15, 0.2) is 0 Å². The highest BCUT2D eigenvalue weighted by molar-refractivity contribution is 5.04. The molecule has 1 saturated heterocycles. The number of nitrogens with zero attached hydrogens (tertiary/aromatic N) is 1. The first-order valence-corrected chi connectivity index (χ1v) is 9.47. The van der Waals surface area contributed by atoms with Crippen molar-refractivity contribution in [3.63, 3.8) is 0 Å². The van der Waals surface area contributed by atoms with E-state index in [2.05, 4.69) is 25.7 Å². The zero-order chi connectivity index (χ0) is 15.1. The number of rotatable bonds is 2. The number of likely N-dealkylation sites (tertiary alicyclic amines) is 1. The van der Waals surface area contributed by atoms with E-state index in [0.717, 1.165) is 23.8 Å². The van der Waals surface area contributed by atoms with Crippen LogP contribution in [0.2, 0.25) is 0 Å². The van der Waals surface area contributed by atoms with Crippen molar-refractivity contribution >= 4 is 0 Å². The maximum Gasteiger partial charge on any atom is 0.0335 e. The third-order valence-corrected chi connectivity index (χ3v) is 7.49. The molecule has 2 saturated carbocycles. The minimum atomic E-state index is 0.316. The van der Waals surface area contributed by atoms with Crippen molar-refractivity contribution in [2.45, 2.75) is 90.1 Å². The predicted octanol–water partition coefficient (Wildman–Crippen LogP) is 4.18. The van der Waals surface area contributed by atoms with Crippen molar-refractivity contribution in [2.75, 3.05) is 13.1 Å². The molecular formula is C19H36N2. The standard InChI is InChI=1S/C19H36N2/c1-15-12-16(2)17(3)21(13-15)19(14-20)10-8-18(9-11-19)6-4-5-7-18/h15-17H,4-14,20H2,1-3H3. The van der Waals surface area contributed by atoms with Crippen molar-refractivity contribution in [1.82, 2.24) is 4.90 Å². The van der Waals surface area contributed by atoms with Gasteiger partial charge in [0.15, 0.2) is 0 Å². The van der Waals surface area contributed by atoms with Crippen LogP contribution in [0.3, 0.4) is 0 Å². The first-order chi connectivity index (χ1) is 10.0. The average molecular weight is 293 g/mol. The molecule has 0 aromatic rings. The lowest BCUT2D eigenvalue weighted by molar-refractivity contribution is -0.0542. The summed E-state index contributed by atoms with van der Waals surface area (Å²) in [5.74, 6) is 1.65. The summed E-state index contributed by atoms with van der Waals surface area (Å²) in [5.41, 5.74) is 7.40. The first-order valence-electron chi connectivity index (χ1n) is 9.47. The molecule has 0 aromatic heterocycles. The Morgan fingerprint density at radius 1 is 0.952 bits per heavy atom. The zero-order valence-corrected chi connectivity index (χ0v) is 14.5. The summed E-state index contributed by atoms with van der Waals surface area (Å²) in [7, 11) is 0. The van der Waals surface area contributed by atoms with Crippen molar-refractivity contribution in [3.05, 3.63) is 0 Å². The van der Waals surface area contributed by atoms with Crippen molar-refractivity contribution in [1.29, 1.82) is 0 Å². The SMILES string of the molecule is CC1CC(C)C(C)N(C2(CN)CCC3(CCCC3)CC2)C1.